The summed E-state index contributed by atoms with van der Waals surface area (Å²) in [4.78, 5) is 15.2. The van der Waals surface area contributed by atoms with Crippen molar-refractivity contribution >= 4 is 5.97 Å². The summed E-state index contributed by atoms with van der Waals surface area (Å²) in [6, 6.07) is 5.63. The monoisotopic (exact) mass is 259 g/mol. The number of aromatic nitrogens is 3. The molecule has 0 aromatic carbocycles. The van der Waals surface area contributed by atoms with Crippen LogP contribution in [0.3, 0.4) is 0 Å². The number of carbonyl (C=O) groups is 1. The van der Waals surface area contributed by atoms with Crippen molar-refractivity contribution in [1.82, 2.24) is 14.8 Å². The molecule has 0 bridgehead atoms. The Morgan fingerprint density at radius 1 is 1.42 bits per heavy atom. The summed E-state index contributed by atoms with van der Waals surface area (Å²) in [7, 11) is 0. The van der Waals surface area contributed by atoms with Crippen LogP contribution in [0.5, 0.6) is 0 Å². The van der Waals surface area contributed by atoms with Crippen LogP contribution < -0.4 is 0 Å². The Morgan fingerprint density at radius 2 is 2.16 bits per heavy atom. The number of carboxylic acid groups (broad SMARTS) is 1. The highest BCUT2D eigenvalue weighted by molar-refractivity contribution is 5.70. The third-order valence-corrected chi connectivity index (χ3v) is 3.24. The van der Waals surface area contributed by atoms with Gasteiger partial charge >= 0.3 is 5.97 Å². The standard InChI is InChI=1S/C14H17N3O2/c1-9(14(18)19)8-12-10(2)16-17(11(12)3)13-6-4-5-7-15-13/h4-7,9H,8H2,1-3H3,(H,18,19). The number of aliphatic carboxylic acids is 1. The smallest absolute Gasteiger partial charge is 0.306 e. The van der Waals surface area contributed by atoms with Gasteiger partial charge in [-0.3, -0.25) is 4.79 Å². The Balaban J connectivity index is 2.38. The Kier molecular flexibility index (Phi) is 3.64. The first kappa shape index (κ1) is 13.3. The van der Waals surface area contributed by atoms with Crippen LogP contribution in [0.2, 0.25) is 0 Å². The number of hydrogen-bond donors (Lipinski definition) is 1. The molecule has 0 amide bonds. The summed E-state index contributed by atoms with van der Waals surface area (Å²) in [5.41, 5.74) is 2.79. The van der Waals surface area contributed by atoms with Crippen molar-refractivity contribution in [3.63, 3.8) is 0 Å². The first-order valence-corrected chi connectivity index (χ1v) is 6.20. The molecule has 2 aromatic rings. The van der Waals surface area contributed by atoms with Crippen molar-refractivity contribution in [2.24, 2.45) is 5.92 Å². The van der Waals surface area contributed by atoms with E-state index < -0.39 is 11.9 Å². The van der Waals surface area contributed by atoms with Crippen LogP contribution in [0.25, 0.3) is 5.82 Å². The highest BCUT2D eigenvalue weighted by Gasteiger charge is 2.19. The zero-order chi connectivity index (χ0) is 14.0. The lowest BCUT2D eigenvalue weighted by Crippen LogP contribution is -2.13. The molecule has 1 N–H and O–H groups in total. The van der Waals surface area contributed by atoms with Crippen LogP contribution in [0.1, 0.15) is 23.9 Å². The van der Waals surface area contributed by atoms with E-state index in [0.29, 0.717) is 6.42 Å². The maximum Gasteiger partial charge on any atom is 0.306 e. The molecule has 0 aliphatic rings. The van der Waals surface area contributed by atoms with E-state index in [2.05, 4.69) is 10.1 Å². The largest absolute Gasteiger partial charge is 0.481 e. The molecule has 2 rings (SSSR count). The van der Waals surface area contributed by atoms with Crippen LogP contribution in [0.4, 0.5) is 0 Å². The van der Waals surface area contributed by atoms with Gasteiger partial charge in [-0.2, -0.15) is 5.10 Å². The van der Waals surface area contributed by atoms with Crippen LogP contribution >= 0.6 is 0 Å². The predicted octanol–water partition coefficient (Wildman–Crippen LogP) is 2.15. The number of rotatable bonds is 4. The zero-order valence-corrected chi connectivity index (χ0v) is 11.3. The van der Waals surface area contributed by atoms with E-state index >= 15 is 0 Å². The topological polar surface area (TPSA) is 68.0 Å². The number of carboxylic acids is 1. The number of hydrogen-bond acceptors (Lipinski definition) is 3. The summed E-state index contributed by atoms with van der Waals surface area (Å²) < 4.78 is 1.76. The molecule has 1 unspecified atom stereocenters. The summed E-state index contributed by atoms with van der Waals surface area (Å²) >= 11 is 0. The summed E-state index contributed by atoms with van der Waals surface area (Å²) in [6.45, 7) is 5.55. The van der Waals surface area contributed by atoms with Gasteiger partial charge in [-0.25, -0.2) is 9.67 Å². The summed E-state index contributed by atoms with van der Waals surface area (Å²) in [6.07, 6.45) is 2.20. The van der Waals surface area contributed by atoms with Gasteiger partial charge in [0.2, 0.25) is 0 Å². The van der Waals surface area contributed by atoms with Crippen molar-refractivity contribution in [3.8, 4) is 5.82 Å². The summed E-state index contributed by atoms with van der Waals surface area (Å²) in [5.74, 6) is -0.458. The normalized spacial score (nSPS) is 12.4. The molecule has 19 heavy (non-hydrogen) atoms. The Hall–Kier alpha value is -2.17. The molecule has 1 atom stereocenters. The second kappa shape index (κ2) is 5.22. The van der Waals surface area contributed by atoms with E-state index in [1.807, 2.05) is 32.0 Å². The SMILES string of the molecule is Cc1nn(-c2ccccn2)c(C)c1CC(C)C(=O)O. The van der Waals surface area contributed by atoms with Crippen molar-refractivity contribution in [2.75, 3.05) is 0 Å². The lowest BCUT2D eigenvalue weighted by molar-refractivity contribution is -0.141. The van der Waals surface area contributed by atoms with Gasteiger partial charge in [0.1, 0.15) is 0 Å². The van der Waals surface area contributed by atoms with Crippen molar-refractivity contribution in [2.45, 2.75) is 27.2 Å². The number of pyridine rings is 1. The fourth-order valence-corrected chi connectivity index (χ4v) is 2.07. The van der Waals surface area contributed by atoms with E-state index in [1.54, 1.807) is 17.8 Å². The Morgan fingerprint density at radius 3 is 2.74 bits per heavy atom. The quantitative estimate of drug-likeness (QED) is 0.913. The average Bonchev–Trinajstić information content (AvgIpc) is 2.67. The van der Waals surface area contributed by atoms with Crippen LogP contribution in [-0.2, 0) is 11.2 Å². The van der Waals surface area contributed by atoms with E-state index in [1.165, 1.54) is 0 Å². The molecule has 0 saturated heterocycles. The Bertz CT molecular complexity index is 590. The van der Waals surface area contributed by atoms with E-state index in [0.717, 1.165) is 22.8 Å². The van der Waals surface area contributed by atoms with Gasteiger partial charge in [-0.05, 0) is 38.0 Å². The highest BCUT2D eigenvalue weighted by atomic mass is 16.4. The molecule has 0 saturated carbocycles. The highest BCUT2D eigenvalue weighted by Crippen LogP contribution is 2.20. The predicted molar refractivity (Wildman–Crippen MR) is 71.3 cm³/mol. The Labute approximate surface area is 111 Å². The second-order valence-electron chi connectivity index (χ2n) is 4.69. The van der Waals surface area contributed by atoms with Crippen LogP contribution in [0.15, 0.2) is 24.4 Å². The summed E-state index contributed by atoms with van der Waals surface area (Å²) in [5, 5.41) is 13.5. The first-order valence-electron chi connectivity index (χ1n) is 6.20. The first-order chi connectivity index (χ1) is 9.00. The van der Waals surface area contributed by atoms with Gasteiger partial charge in [-0.15, -0.1) is 0 Å². The third kappa shape index (κ3) is 2.65. The maximum atomic E-state index is 11.0. The lowest BCUT2D eigenvalue weighted by Gasteiger charge is -2.07. The molecule has 2 heterocycles. The van der Waals surface area contributed by atoms with Gasteiger partial charge in [-0.1, -0.05) is 13.0 Å². The van der Waals surface area contributed by atoms with Crippen molar-refractivity contribution in [3.05, 3.63) is 41.3 Å². The number of nitrogens with zero attached hydrogens (tertiary/aromatic N) is 3. The lowest BCUT2D eigenvalue weighted by atomic mass is 10.00. The van der Waals surface area contributed by atoms with E-state index in [9.17, 15) is 4.79 Å². The minimum absolute atomic E-state index is 0.418. The number of aryl methyl sites for hydroxylation is 1. The van der Waals surface area contributed by atoms with Crippen LogP contribution in [-0.4, -0.2) is 25.8 Å². The maximum absolute atomic E-state index is 11.0. The third-order valence-electron chi connectivity index (χ3n) is 3.24. The van der Waals surface area contributed by atoms with E-state index in [-0.39, 0.29) is 0 Å². The van der Waals surface area contributed by atoms with Crippen molar-refractivity contribution in [1.29, 1.82) is 0 Å². The zero-order valence-electron chi connectivity index (χ0n) is 11.3. The molecular formula is C14H17N3O2. The molecule has 0 spiro atoms. The fraction of sp³-hybridized carbons (Fsp3) is 0.357. The van der Waals surface area contributed by atoms with Gasteiger partial charge in [0.05, 0.1) is 11.6 Å². The molecule has 100 valence electrons. The molecule has 5 heteroatoms. The fourth-order valence-electron chi connectivity index (χ4n) is 2.07. The van der Waals surface area contributed by atoms with Gasteiger partial charge in [0.25, 0.3) is 0 Å². The molecular weight excluding hydrogens is 242 g/mol. The molecule has 2 aromatic heterocycles. The van der Waals surface area contributed by atoms with Gasteiger partial charge < -0.3 is 5.11 Å². The molecule has 0 aliphatic carbocycles. The minimum atomic E-state index is -0.788. The minimum Gasteiger partial charge on any atom is -0.481 e. The molecule has 0 aliphatic heterocycles. The van der Waals surface area contributed by atoms with E-state index in [4.69, 9.17) is 5.11 Å². The molecule has 5 nitrogen and oxygen atoms in total. The second-order valence-corrected chi connectivity index (χ2v) is 4.69. The molecule has 0 radical (unpaired) electrons. The molecule has 0 fully saturated rings. The van der Waals surface area contributed by atoms with Crippen LogP contribution in [0, 0.1) is 19.8 Å². The van der Waals surface area contributed by atoms with Gasteiger partial charge in [0.15, 0.2) is 5.82 Å². The van der Waals surface area contributed by atoms with Gasteiger partial charge in [0, 0.05) is 11.9 Å². The average molecular weight is 259 g/mol. The van der Waals surface area contributed by atoms with Crippen molar-refractivity contribution < 1.29 is 9.90 Å².